The van der Waals surface area contributed by atoms with Crippen molar-refractivity contribution in [3.05, 3.63) is 17.7 Å². The molecule has 0 amide bonds. The fraction of sp³-hybridized carbons (Fsp3) is 0.500. The largest absolute Gasteiger partial charge is 0.496 e. The van der Waals surface area contributed by atoms with E-state index in [1.54, 1.807) is 21.3 Å². The first-order valence-electron chi connectivity index (χ1n) is 5.32. The zero-order valence-electron chi connectivity index (χ0n) is 10.4. The molecule has 0 aliphatic heterocycles. The smallest absolute Gasteiger partial charge is 0.164 e. The summed E-state index contributed by atoms with van der Waals surface area (Å²) in [7, 11) is 4.90. The highest BCUT2D eigenvalue weighted by Crippen LogP contribution is 2.34. The van der Waals surface area contributed by atoms with Gasteiger partial charge in [0.15, 0.2) is 11.5 Å². The Morgan fingerprint density at radius 3 is 2.12 bits per heavy atom. The highest BCUT2D eigenvalue weighted by Gasteiger charge is 2.11. The van der Waals surface area contributed by atoms with Crippen molar-refractivity contribution in [1.29, 1.82) is 0 Å². The van der Waals surface area contributed by atoms with Gasteiger partial charge in [0, 0.05) is 12.6 Å². The predicted molar refractivity (Wildman–Crippen MR) is 71.6 cm³/mol. The molecule has 0 saturated carbocycles. The minimum Gasteiger partial charge on any atom is -0.496 e. The number of nitrogens with one attached hydrogen (secondary N) is 1. The molecule has 1 aromatic carbocycles. The third kappa shape index (κ3) is 3.78. The third-order valence-electron chi connectivity index (χ3n) is 2.45. The molecule has 0 radical (unpaired) electrons. The van der Waals surface area contributed by atoms with Crippen molar-refractivity contribution in [1.82, 2.24) is 5.32 Å². The lowest BCUT2D eigenvalue weighted by Gasteiger charge is -2.14. The average Bonchev–Trinajstić information content (AvgIpc) is 2.38. The quantitative estimate of drug-likeness (QED) is 0.476. The Hall–Kier alpha value is -0.940. The minimum absolute atomic E-state index is 0.682. The normalized spacial score (nSPS) is 10.1. The highest BCUT2D eigenvalue weighted by atomic mass is 79.9. The number of hydrogen-bond acceptors (Lipinski definition) is 4. The molecule has 1 aromatic rings. The lowest BCUT2D eigenvalue weighted by atomic mass is 10.1. The topological polar surface area (TPSA) is 39.7 Å². The summed E-state index contributed by atoms with van der Waals surface area (Å²) in [4.78, 5) is 0. The number of halogens is 1. The van der Waals surface area contributed by atoms with Crippen LogP contribution < -0.4 is 19.5 Å². The van der Waals surface area contributed by atoms with E-state index >= 15 is 0 Å². The van der Waals surface area contributed by atoms with E-state index in [1.807, 2.05) is 12.1 Å². The molecular formula is C12H18BrNO3. The Bertz CT molecular complexity index is 358. The highest BCUT2D eigenvalue weighted by molar-refractivity contribution is 9.09. The molecule has 1 N–H and O–H groups in total. The van der Waals surface area contributed by atoms with Gasteiger partial charge in [0.1, 0.15) is 5.75 Å². The van der Waals surface area contributed by atoms with Crippen LogP contribution in [0.1, 0.15) is 5.56 Å². The second-order valence-electron chi connectivity index (χ2n) is 3.40. The molecule has 0 fully saturated rings. The second-order valence-corrected chi connectivity index (χ2v) is 3.96. The van der Waals surface area contributed by atoms with Gasteiger partial charge in [-0.25, -0.2) is 0 Å². The van der Waals surface area contributed by atoms with Crippen molar-refractivity contribution in [3.8, 4) is 17.2 Å². The number of hydrogen-bond donors (Lipinski definition) is 1. The molecule has 0 heterocycles. The fourth-order valence-electron chi connectivity index (χ4n) is 1.58. The SMILES string of the molecule is COc1cc(OC)c(OC)cc1CCNCBr. The van der Waals surface area contributed by atoms with Crippen LogP contribution in [-0.4, -0.2) is 33.3 Å². The lowest BCUT2D eigenvalue weighted by Crippen LogP contribution is -2.15. The Morgan fingerprint density at radius 2 is 1.59 bits per heavy atom. The maximum atomic E-state index is 5.34. The maximum absolute atomic E-state index is 5.34. The van der Waals surface area contributed by atoms with Crippen LogP contribution in [0.15, 0.2) is 12.1 Å². The monoisotopic (exact) mass is 303 g/mol. The third-order valence-corrected chi connectivity index (χ3v) is 2.85. The number of rotatable bonds is 7. The molecule has 0 saturated heterocycles. The van der Waals surface area contributed by atoms with Gasteiger partial charge in [-0.1, -0.05) is 15.9 Å². The zero-order valence-corrected chi connectivity index (χ0v) is 12.0. The summed E-state index contributed by atoms with van der Waals surface area (Å²) in [6.45, 7) is 0.872. The van der Waals surface area contributed by atoms with Gasteiger partial charge >= 0.3 is 0 Å². The van der Waals surface area contributed by atoms with Crippen LogP contribution in [0.4, 0.5) is 0 Å². The summed E-state index contributed by atoms with van der Waals surface area (Å²) in [5.41, 5.74) is 1.88. The number of benzene rings is 1. The molecule has 0 bridgehead atoms. The summed E-state index contributed by atoms with van der Waals surface area (Å²) in [5.74, 6) is 2.22. The molecule has 5 heteroatoms. The Balaban J connectivity index is 2.93. The van der Waals surface area contributed by atoms with E-state index in [9.17, 15) is 0 Å². The van der Waals surface area contributed by atoms with Gasteiger partial charge in [-0.2, -0.15) is 0 Å². The van der Waals surface area contributed by atoms with E-state index in [2.05, 4.69) is 21.2 Å². The van der Waals surface area contributed by atoms with Crippen LogP contribution in [0.25, 0.3) is 0 Å². The predicted octanol–water partition coefficient (Wildman–Crippen LogP) is 2.20. The lowest BCUT2D eigenvalue weighted by molar-refractivity contribution is 0.347. The van der Waals surface area contributed by atoms with E-state index in [0.29, 0.717) is 5.75 Å². The van der Waals surface area contributed by atoms with Crippen LogP contribution in [0, 0.1) is 0 Å². The van der Waals surface area contributed by atoms with Crippen LogP contribution in [0.3, 0.4) is 0 Å². The Labute approximate surface area is 110 Å². The summed E-state index contributed by atoms with van der Waals surface area (Å²) < 4.78 is 15.8. The first-order chi connectivity index (χ1) is 8.26. The summed E-state index contributed by atoms with van der Waals surface area (Å²) >= 11 is 3.32. The zero-order chi connectivity index (χ0) is 12.7. The Kier molecular flexibility index (Phi) is 6.15. The Morgan fingerprint density at radius 1 is 1.00 bits per heavy atom. The minimum atomic E-state index is 0.682. The molecule has 0 atom stereocenters. The summed E-state index contributed by atoms with van der Waals surface area (Å²) in [6.07, 6.45) is 0.870. The standard InChI is InChI=1S/C12H18BrNO3/c1-15-10-7-12(17-3)11(16-2)6-9(10)4-5-14-8-13/h6-7,14H,4-5,8H2,1-3H3. The van der Waals surface area contributed by atoms with Gasteiger partial charge in [0.25, 0.3) is 0 Å². The van der Waals surface area contributed by atoms with E-state index in [1.165, 1.54) is 0 Å². The molecule has 0 unspecified atom stereocenters. The number of alkyl halides is 1. The van der Waals surface area contributed by atoms with Gasteiger partial charge in [0.2, 0.25) is 0 Å². The van der Waals surface area contributed by atoms with Crippen LogP contribution >= 0.6 is 15.9 Å². The molecule has 1 rings (SSSR count). The van der Waals surface area contributed by atoms with E-state index < -0.39 is 0 Å². The molecule has 17 heavy (non-hydrogen) atoms. The van der Waals surface area contributed by atoms with Gasteiger partial charge < -0.3 is 19.5 Å². The van der Waals surface area contributed by atoms with Gasteiger partial charge in [-0.15, -0.1) is 0 Å². The maximum Gasteiger partial charge on any atom is 0.164 e. The number of ether oxygens (including phenoxy) is 3. The molecular weight excluding hydrogens is 286 g/mol. The molecule has 0 aliphatic carbocycles. The van der Waals surface area contributed by atoms with Crippen LogP contribution in [0.5, 0.6) is 17.2 Å². The van der Waals surface area contributed by atoms with Crippen molar-refractivity contribution in [2.75, 3.05) is 33.3 Å². The van der Waals surface area contributed by atoms with Crippen LogP contribution in [-0.2, 0) is 6.42 Å². The van der Waals surface area contributed by atoms with E-state index in [4.69, 9.17) is 14.2 Å². The average molecular weight is 304 g/mol. The van der Waals surface area contributed by atoms with Crippen molar-refractivity contribution >= 4 is 15.9 Å². The van der Waals surface area contributed by atoms with Gasteiger partial charge in [-0.3, -0.25) is 0 Å². The van der Waals surface area contributed by atoms with Crippen LogP contribution in [0.2, 0.25) is 0 Å². The number of methoxy groups -OCH3 is 3. The first-order valence-corrected chi connectivity index (χ1v) is 6.44. The van der Waals surface area contributed by atoms with Crippen molar-refractivity contribution in [3.63, 3.8) is 0 Å². The molecule has 0 aliphatic rings. The van der Waals surface area contributed by atoms with Gasteiger partial charge in [0.05, 0.1) is 26.8 Å². The second kappa shape index (κ2) is 7.40. The van der Waals surface area contributed by atoms with E-state index in [0.717, 1.165) is 35.5 Å². The molecule has 96 valence electrons. The molecule has 0 aromatic heterocycles. The fourth-order valence-corrected chi connectivity index (χ4v) is 1.86. The first kappa shape index (κ1) is 14.1. The van der Waals surface area contributed by atoms with Crippen molar-refractivity contribution < 1.29 is 14.2 Å². The molecule has 0 spiro atoms. The van der Waals surface area contributed by atoms with Gasteiger partial charge in [-0.05, 0) is 18.1 Å². The van der Waals surface area contributed by atoms with Crippen molar-refractivity contribution in [2.24, 2.45) is 0 Å². The summed E-state index contributed by atoms with van der Waals surface area (Å²) in [5, 5.41) is 3.20. The van der Waals surface area contributed by atoms with Crippen molar-refractivity contribution in [2.45, 2.75) is 6.42 Å². The van der Waals surface area contributed by atoms with E-state index in [-0.39, 0.29) is 0 Å². The summed E-state index contributed by atoms with van der Waals surface area (Å²) in [6, 6.07) is 3.80. The molecule has 4 nitrogen and oxygen atoms in total.